The van der Waals surface area contributed by atoms with Crippen LogP contribution in [-0.4, -0.2) is 9.97 Å². The Morgan fingerprint density at radius 3 is 3.00 bits per heavy atom. The van der Waals surface area contributed by atoms with E-state index in [1.54, 1.807) is 12.4 Å². The normalized spacial score (nSPS) is 8.71. The molecule has 0 saturated heterocycles. The Bertz CT molecular complexity index is 121. The van der Waals surface area contributed by atoms with Crippen LogP contribution in [0.1, 0.15) is 0 Å². The van der Waals surface area contributed by atoms with Crippen molar-refractivity contribution in [1.82, 2.24) is 9.97 Å². The molecule has 0 fully saturated rings. The molecule has 0 aliphatic rings. The van der Waals surface area contributed by atoms with Crippen LogP contribution < -0.4 is 5.32 Å². The minimum atomic E-state index is 0.694. The van der Waals surface area contributed by atoms with E-state index in [4.69, 9.17) is 0 Å². The fraction of sp³-hybridized carbons (Fsp3) is 0. The summed E-state index contributed by atoms with van der Waals surface area (Å²) in [5.41, 5.74) is 0. The van der Waals surface area contributed by atoms with Gasteiger partial charge in [0.2, 0.25) is 0 Å². The summed E-state index contributed by atoms with van der Waals surface area (Å²) in [6.07, 6.45) is 3.39. The Kier molecular flexibility index (Phi) is 0.978. The van der Waals surface area contributed by atoms with E-state index in [-0.39, 0.29) is 0 Å². The molecule has 0 atom stereocenters. The van der Waals surface area contributed by atoms with Gasteiger partial charge in [-0.25, -0.2) is 4.98 Å². The molecule has 0 aliphatic heterocycles. The summed E-state index contributed by atoms with van der Waals surface area (Å²) >= 11 is 0. The number of nitrogens with one attached hydrogen (secondary N) is 2. The topological polar surface area (TPSA) is 40.7 Å². The SMILES string of the molecule is [CH2]Nc1ncc[nH]1. The predicted molar refractivity (Wildman–Crippen MR) is 27.6 cm³/mol. The third-order valence-electron chi connectivity index (χ3n) is 0.666. The van der Waals surface area contributed by atoms with Crippen LogP contribution in [-0.2, 0) is 0 Å². The van der Waals surface area contributed by atoms with Gasteiger partial charge >= 0.3 is 0 Å². The predicted octanol–water partition coefficient (Wildman–Crippen LogP) is 0.613. The lowest BCUT2D eigenvalue weighted by Crippen LogP contribution is -1.84. The molecule has 0 aliphatic carbocycles. The molecule has 1 radical (unpaired) electrons. The van der Waals surface area contributed by atoms with Crippen molar-refractivity contribution in [2.24, 2.45) is 0 Å². The number of H-pyrrole nitrogens is 1. The van der Waals surface area contributed by atoms with Crippen LogP contribution in [0.25, 0.3) is 0 Å². The molecule has 0 bridgehead atoms. The van der Waals surface area contributed by atoms with E-state index >= 15 is 0 Å². The second kappa shape index (κ2) is 1.64. The third-order valence-corrected chi connectivity index (χ3v) is 0.666. The Morgan fingerprint density at radius 1 is 1.86 bits per heavy atom. The van der Waals surface area contributed by atoms with E-state index in [1.165, 1.54) is 0 Å². The van der Waals surface area contributed by atoms with Crippen LogP contribution >= 0.6 is 0 Å². The van der Waals surface area contributed by atoms with E-state index in [0.717, 1.165) is 0 Å². The Labute approximate surface area is 41.8 Å². The Morgan fingerprint density at radius 2 is 2.71 bits per heavy atom. The summed E-state index contributed by atoms with van der Waals surface area (Å²) in [6.45, 7) is 0. The van der Waals surface area contributed by atoms with Gasteiger partial charge in [-0.1, -0.05) is 0 Å². The molecule has 7 heavy (non-hydrogen) atoms. The van der Waals surface area contributed by atoms with E-state index in [0.29, 0.717) is 5.95 Å². The summed E-state index contributed by atoms with van der Waals surface area (Å²) in [5.74, 6) is 0.694. The number of hydrogen-bond acceptors (Lipinski definition) is 2. The molecule has 1 aromatic heterocycles. The standard InChI is InChI=1S/C4H6N3/c1-5-4-6-2-3-7-4/h2-3H,1H2,(H2,5,6,7). The first-order valence-electron chi connectivity index (χ1n) is 1.96. The Balaban J connectivity index is 2.76. The summed E-state index contributed by atoms with van der Waals surface area (Å²) < 4.78 is 0. The molecule has 0 unspecified atom stereocenters. The fourth-order valence-corrected chi connectivity index (χ4v) is 0.362. The average Bonchev–Trinajstić information content (AvgIpc) is 2.14. The second-order valence-corrected chi connectivity index (χ2v) is 1.11. The summed E-state index contributed by atoms with van der Waals surface area (Å²) in [6, 6.07) is 0. The summed E-state index contributed by atoms with van der Waals surface area (Å²) in [7, 11) is 3.38. The lowest BCUT2D eigenvalue weighted by molar-refractivity contribution is 1.29. The highest BCUT2D eigenvalue weighted by Gasteiger charge is 1.80. The zero-order chi connectivity index (χ0) is 5.11. The van der Waals surface area contributed by atoms with Crippen molar-refractivity contribution in [2.75, 3.05) is 5.32 Å². The quantitative estimate of drug-likeness (QED) is 0.537. The molecule has 1 rings (SSSR count). The van der Waals surface area contributed by atoms with Gasteiger partial charge in [0.15, 0.2) is 5.95 Å². The van der Waals surface area contributed by atoms with E-state index in [1.807, 2.05) is 0 Å². The molecular formula is C4H6N3. The summed E-state index contributed by atoms with van der Waals surface area (Å²) in [5, 5.41) is 2.59. The molecular weight excluding hydrogens is 90.1 g/mol. The van der Waals surface area contributed by atoms with Gasteiger partial charge in [0, 0.05) is 19.4 Å². The molecule has 3 nitrogen and oxygen atoms in total. The molecule has 0 saturated carbocycles. The number of aromatic amines is 1. The number of hydrogen-bond donors (Lipinski definition) is 2. The fourth-order valence-electron chi connectivity index (χ4n) is 0.362. The van der Waals surface area contributed by atoms with Gasteiger partial charge < -0.3 is 10.3 Å². The molecule has 0 spiro atoms. The molecule has 0 amide bonds. The monoisotopic (exact) mass is 96.1 g/mol. The first kappa shape index (κ1) is 4.18. The second-order valence-electron chi connectivity index (χ2n) is 1.11. The smallest absolute Gasteiger partial charge is 0.200 e. The van der Waals surface area contributed by atoms with Crippen LogP contribution in [0.15, 0.2) is 12.4 Å². The molecule has 1 heterocycles. The first-order chi connectivity index (χ1) is 3.43. The number of rotatable bonds is 1. The minimum Gasteiger partial charge on any atom is -0.354 e. The number of imidazole rings is 1. The average molecular weight is 96.1 g/mol. The summed E-state index contributed by atoms with van der Waals surface area (Å²) in [4.78, 5) is 6.61. The molecule has 2 N–H and O–H groups in total. The lowest BCUT2D eigenvalue weighted by atomic mass is 11.0. The minimum absolute atomic E-state index is 0.694. The van der Waals surface area contributed by atoms with Crippen molar-refractivity contribution in [3.8, 4) is 0 Å². The maximum absolute atomic E-state index is 3.81. The highest BCUT2D eigenvalue weighted by Crippen LogP contribution is 1.90. The molecule has 3 heteroatoms. The van der Waals surface area contributed by atoms with Crippen molar-refractivity contribution < 1.29 is 0 Å². The maximum atomic E-state index is 3.81. The van der Waals surface area contributed by atoms with Crippen LogP contribution in [0.4, 0.5) is 5.95 Å². The van der Waals surface area contributed by atoms with Crippen molar-refractivity contribution in [3.05, 3.63) is 19.4 Å². The van der Waals surface area contributed by atoms with Crippen molar-refractivity contribution in [3.63, 3.8) is 0 Å². The van der Waals surface area contributed by atoms with Crippen molar-refractivity contribution in [1.29, 1.82) is 0 Å². The highest BCUT2D eigenvalue weighted by atomic mass is 15.1. The van der Waals surface area contributed by atoms with Gasteiger partial charge in [-0.3, -0.25) is 0 Å². The van der Waals surface area contributed by atoms with Crippen LogP contribution in [0.5, 0.6) is 0 Å². The van der Waals surface area contributed by atoms with Gasteiger partial charge in [-0.05, 0) is 0 Å². The van der Waals surface area contributed by atoms with Gasteiger partial charge in [0.05, 0.1) is 0 Å². The molecule has 0 aromatic carbocycles. The number of aromatic nitrogens is 2. The molecule has 37 valence electrons. The van der Waals surface area contributed by atoms with E-state index in [2.05, 4.69) is 22.3 Å². The number of nitrogens with zero attached hydrogens (tertiary/aromatic N) is 1. The van der Waals surface area contributed by atoms with Crippen molar-refractivity contribution in [2.45, 2.75) is 0 Å². The van der Waals surface area contributed by atoms with Crippen LogP contribution in [0.2, 0.25) is 0 Å². The maximum Gasteiger partial charge on any atom is 0.200 e. The first-order valence-corrected chi connectivity index (χ1v) is 1.96. The van der Waals surface area contributed by atoms with E-state index < -0.39 is 0 Å². The largest absolute Gasteiger partial charge is 0.354 e. The van der Waals surface area contributed by atoms with Gasteiger partial charge in [0.1, 0.15) is 0 Å². The zero-order valence-electron chi connectivity index (χ0n) is 3.81. The van der Waals surface area contributed by atoms with E-state index in [9.17, 15) is 0 Å². The zero-order valence-corrected chi connectivity index (χ0v) is 3.81. The van der Waals surface area contributed by atoms with Crippen molar-refractivity contribution >= 4 is 5.95 Å². The Hall–Kier alpha value is -0.990. The molecule has 1 aromatic rings. The number of anilines is 1. The van der Waals surface area contributed by atoms with Gasteiger partial charge in [-0.15, -0.1) is 0 Å². The van der Waals surface area contributed by atoms with Crippen LogP contribution in [0, 0.1) is 7.05 Å². The lowest BCUT2D eigenvalue weighted by Gasteiger charge is -1.85. The third kappa shape index (κ3) is 0.707. The highest BCUT2D eigenvalue weighted by molar-refractivity contribution is 5.22. The van der Waals surface area contributed by atoms with Crippen LogP contribution in [0.3, 0.4) is 0 Å². The van der Waals surface area contributed by atoms with Gasteiger partial charge in [-0.2, -0.15) is 0 Å². The van der Waals surface area contributed by atoms with Gasteiger partial charge in [0.25, 0.3) is 0 Å².